The normalized spacial score (nSPS) is 5.50. The fourth-order valence-electron chi connectivity index (χ4n) is 0. The molecule has 0 aromatic carbocycles. The summed E-state index contributed by atoms with van der Waals surface area (Å²) in [5.74, 6) is -3.65. The molecule has 0 aromatic heterocycles. The van der Waals surface area contributed by atoms with Gasteiger partial charge in [0.05, 0.1) is 0 Å². The molecule has 0 aliphatic carbocycles. The first-order valence-corrected chi connectivity index (χ1v) is 1.11. The minimum atomic E-state index is -1.82. The van der Waals surface area contributed by atoms with E-state index in [9.17, 15) is 0 Å². The number of carboxylic acid groups (broad SMARTS) is 2. The molecule has 0 radical (unpaired) electrons. The summed E-state index contributed by atoms with van der Waals surface area (Å²) in [6, 6.07) is 0. The average Bonchev–Trinajstić information content (AvgIpc) is 1.36. The Hall–Kier alpha value is -0.282. The first kappa shape index (κ1) is 15.6. The standard InChI is InChI=1S/C2H2O4.H3N.Sb.3H/c3-1(4)2(5)6;;;;;/h(H,3,4)(H,5,6);1H3;;;;. The molecule has 0 bridgehead atoms. The van der Waals surface area contributed by atoms with Gasteiger partial charge >= 0.3 is 36.4 Å². The van der Waals surface area contributed by atoms with Crippen LogP contribution in [-0.4, -0.2) is 46.6 Å². The summed E-state index contributed by atoms with van der Waals surface area (Å²) in [5, 5.41) is 14.8. The van der Waals surface area contributed by atoms with E-state index in [1.165, 1.54) is 0 Å². The Labute approximate surface area is 62.7 Å². The molecule has 0 saturated heterocycles. The fourth-order valence-corrected chi connectivity index (χ4v) is 0. The summed E-state index contributed by atoms with van der Waals surface area (Å²) in [7, 11) is 0. The van der Waals surface area contributed by atoms with Crippen molar-refractivity contribution in [3.05, 3.63) is 0 Å². The third-order valence-corrected chi connectivity index (χ3v) is 0.183. The molecule has 50 valence electrons. The number of carbonyl (C=O) groups is 2. The Morgan fingerprint density at radius 2 is 1.12 bits per heavy atom. The predicted molar refractivity (Wildman–Crippen MR) is 30.2 cm³/mol. The van der Waals surface area contributed by atoms with Gasteiger partial charge in [-0.1, -0.05) is 0 Å². The predicted octanol–water partition coefficient (Wildman–Crippen LogP) is -1.87. The molecule has 5 nitrogen and oxygen atoms in total. The van der Waals surface area contributed by atoms with Gasteiger partial charge in [0.15, 0.2) is 0 Å². The van der Waals surface area contributed by atoms with Gasteiger partial charge < -0.3 is 16.4 Å². The van der Waals surface area contributed by atoms with Crippen LogP contribution in [0.15, 0.2) is 0 Å². The zero-order valence-corrected chi connectivity index (χ0v) is 8.16. The van der Waals surface area contributed by atoms with Gasteiger partial charge in [-0.15, -0.1) is 0 Å². The number of hydrogen-bond acceptors (Lipinski definition) is 3. The fraction of sp³-hybridized carbons (Fsp3) is 0. The van der Waals surface area contributed by atoms with E-state index >= 15 is 0 Å². The quantitative estimate of drug-likeness (QED) is 0.335. The van der Waals surface area contributed by atoms with E-state index in [4.69, 9.17) is 19.8 Å². The molecule has 0 unspecified atom stereocenters. The molecule has 0 rings (SSSR count). The van der Waals surface area contributed by atoms with Crippen LogP contribution < -0.4 is 6.15 Å². The summed E-state index contributed by atoms with van der Waals surface area (Å²) >= 11 is 0. The van der Waals surface area contributed by atoms with Crippen LogP contribution in [0.1, 0.15) is 0 Å². The van der Waals surface area contributed by atoms with Crippen LogP contribution in [0, 0.1) is 0 Å². The van der Waals surface area contributed by atoms with Gasteiger partial charge in [-0.2, -0.15) is 0 Å². The Balaban J connectivity index is -0.000000125. The maximum absolute atomic E-state index is 9.10. The minimum absolute atomic E-state index is 0. The van der Waals surface area contributed by atoms with Gasteiger partial charge in [-0.25, -0.2) is 9.59 Å². The average molecular weight is 232 g/mol. The monoisotopic (exact) mass is 231 g/mol. The second-order valence-corrected chi connectivity index (χ2v) is 0.610. The Morgan fingerprint density at radius 1 is 1.00 bits per heavy atom. The van der Waals surface area contributed by atoms with Crippen LogP contribution in [0.4, 0.5) is 0 Å². The molecule has 0 saturated carbocycles. The third kappa shape index (κ3) is 9.21. The summed E-state index contributed by atoms with van der Waals surface area (Å²) in [5.41, 5.74) is 0. The van der Waals surface area contributed by atoms with E-state index in [-0.39, 0.29) is 30.6 Å². The van der Waals surface area contributed by atoms with Crippen LogP contribution >= 0.6 is 0 Å². The molecule has 5 N–H and O–H groups in total. The van der Waals surface area contributed by atoms with E-state index in [1.54, 1.807) is 0 Å². The zero-order chi connectivity index (χ0) is 5.15. The van der Waals surface area contributed by atoms with Crippen molar-refractivity contribution < 1.29 is 19.8 Å². The molecule has 0 spiro atoms. The first-order chi connectivity index (χ1) is 2.64. The summed E-state index contributed by atoms with van der Waals surface area (Å²) in [4.78, 5) is 18.2. The van der Waals surface area contributed by atoms with Gasteiger partial charge in [-0.3, -0.25) is 0 Å². The molecule has 6 heteroatoms. The molecular weight excluding hydrogens is 224 g/mol. The molecule has 0 heterocycles. The number of carboxylic acids is 2. The van der Waals surface area contributed by atoms with Crippen LogP contribution in [-0.2, 0) is 9.59 Å². The van der Waals surface area contributed by atoms with E-state index < -0.39 is 11.9 Å². The summed E-state index contributed by atoms with van der Waals surface area (Å²) in [6.07, 6.45) is 0. The molecule has 0 aromatic rings. The summed E-state index contributed by atoms with van der Waals surface area (Å²) in [6.45, 7) is 0. The second kappa shape index (κ2) is 6.72. The van der Waals surface area contributed by atoms with E-state index in [0.717, 1.165) is 0 Å². The van der Waals surface area contributed by atoms with Gasteiger partial charge in [0.1, 0.15) is 0 Å². The molecule has 0 aliphatic rings. The van der Waals surface area contributed by atoms with Gasteiger partial charge in [0, 0.05) is 0 Å². The zero-order valence-electron chi connectivity index (χ0n) is 4.13. The van der Waals surface area contributed by atoms with Gasteiger partial charge in [0.25, 0.3) is 0 Å². The van der Waals surface area contributed by atoms with E-state index in [1.807, 2.05) is 0 Å². The van der Waals surface area contributed by atoms with Crippen molar-refractivity contribution in [2.75, 3.05) is 0 Å². The number of rotatable bonds is 0. The first-order valence-electron chi connectivity index (χ1n) is 1.11. The van der Waals surface area contributed by atoms with Crippen LogP contribution in [0.5, 0.6) is 0 Å². The van der Waals surface area contributed by atoms with Crippen molar-refractivity contribution in [2.45, 2.75) is 0 Å². The third-order valence-electron chi connectivity index (χ3n) is 0.183. The van der Waals surface area contributed by atoms with Crippen LogP contribution in [0.2, 0.25) is 0 Å². The van der Waals surface area contributed by atoms with Crippen LogP contribution in [0.25, 0.3) is 0 Å². The van der Waals surface area contributed by atoms with Crippen molar-refractivity contribution >= 4 is 36.4 Å². The topological polar surface area (TPSA) is 110 Å². The van der Waals surface area contributed by atoms with Crippen molar-refractivity contribution in [1.82, 2.24) is 6.15 Å². The van der Waals surface area contributed by atoms with Crippen molar-refractivity contribution in [3.63, 3.8) is 0 Å². The number of hydrogen-bond donors (Lipinski definition) is 3. The van der Waals surface area contributed by atoms with Crippen molar-refractivity contribution in [1.29, 1.82) is 0 Å². The van der Waals surface area contributed by atoms with Crippen LogP contribution in [0.3, 0.4) is 0 Å². The second-order valence-electron chi connectivity index (χ2n) is 0.610. The van der Waals surface area contributed by atoms with Crippen molar-refractivity contribution in [2.24, 2.45) is 0 Å². The van der Waals surface area contributed by atoms with Gasteiger partial charge in [-0.05, 0) is 0 Å². The molecule has 0 fully saturated rings. The SMILES string of the molecule is N.O=C(O)C(=O)O.[SbH3]. The molecule has 8 heavy (non-hydrogen) atoms. The van der Waals surface area contributed by atoms with E-state index in [0.29, 0.717) is 0 Å². The Morgan fingerprint density at radius 3 is 1.12 bits per heavy atom. The summed E-state index contributed by atoms with van der Waals surface area (Å²) < 4.78 is 0. The molecule has 0 atom stereocenters. The van der Waals surface area contributed by atoms with Gasteiger partial charge in [0.2, 0.25) is 0 Å². The molecule has 0 aliphatic heterocycles. The number of aliphatic carboxylic acids is 2. The maximum atomic E-state index is 9.10. The Bertz CT molecular complexity index is 80.0. The molecule has 0 amide bonds. The molecular formula is C2H8NO4Sb. The Kier molecular flexibility index (Phi) is 13.1. The van der Waals surface area contributed by atoms with Crippen molar-refractivity contribution in [3.8, 4) is 0 Å². The van der Waals surface area contributed by atoms with E-state index in [2.05, 4.69) is 0 Å².